The Balaban J connectivity index is 1.94. The van der Waals surface area contributed by atoms with Gasteiger partial charge in [0.1, 0.15) is 11.6 Å². The number of halogens is 1. The summed E-state index contributed by atoms with van der Waals surface area (Å²) in [5, 5.41) is 0.623. The SMILES string of the molecule is COc1ccc(N(C2=NCCCC2)C(C)C(=O)c2ccc(Cl)cc2)cc1. The number of Topliss-reactive ketones (excluding diaryl/α,β-unsaturated/α-hetero) is 1. The molecule has 0 N–H and O–H groups in total. The largest absolute Gasteiger partial charge is 0.497 e. The molecule has 1 aliphatic heterocycles. The quantitative estimate of drug-likeness (QED) is 0.695. The predicted molar refractivity (Wildman–Crippen MR) is 107 cm³/mol. The van der Waals surface area contributed by atoms with Gasteiger partial charge in [0, 0.05) is 29.2 Å². The van der Waals surface area contributed by atoms with E-state index in [1.54, 1.807) is 31.4 Å². The fourth-order valence-electron chi connectivity index (χ4n) is 3.19. The number of ether oxygens (including phenoxy) is 1. The lowest BCUT2D eigenvalue weighted by atomic mass is 10.0. The molecule has 1 heterocycles. The number of anilines is 1. The Morgan fingerprint density at radius 3 is 2.38 bits per heavy atom. The molecule has 0 bridgehead atoms. The van der Waals surface area contributed by atoms with Gasteiger partial charge >= 0.3 is 0 Å². The molecule has 4 nitrogen and oxygen atoms in total. The standard InChI is InChI=1S/C21H23ClN2O2/c1-15(21(25)16-6-8-17(22)9-7-16)24(20-5-3-4-14-23-20)18-10-12-19(26-2)13-11-18/h6-13,15H,3-5,14H2,1-2H3. The molecule has 0 fully saturated rings. The molecule has 2 aromatic rings. The van der Waals surface area contributed by atoms with Crippen LogP contribution in [0.2, 0.25) is 5.02 Å². The van der Waals surface area contributed by atoms with E-state index in [0.717, 1.165) is 43.1 Å². The van der Waals surface area contributed by atoms with E-state index in [9.17, 15) is 4.79 Å². The van der Waals surface area contributed by atoms with Crippen LogP contribution in [-0.4, -0.2) is 31.3 Å². The first kappa shape index (κ1) is 18.5. The molecule has 0 spiro atoms. The Labute approximate surface area is 159 Å². The van der Waals surface area contributed by atoms with E-state index in [1.807, 2.05) is 31.2 Å². The third-order valence-electron chi connectivity index (χ3n) is 4.63. The zero-order valence-corrected chi connectivity index (χ0v) is 15.9. The number of rotatable bonds is 5. The van der Waals surface area contributed by atoms with Crippen molar-refractivity contribution in [3.8, 4) is 5.75 Å². The van der Waals surface area contributed by atoms with E-state index in [0.29, 0.717) is 10.6 Å². The average molecular weight is 371 g/mol. The number of nitrogens with zero attached hydrogens (tertiary/aromatic N) is 2. The topological polar surface area (TPSA) is 41.9 Å². The normalized spacial score (nSPS) is 15.1. The minimum atomic E-state index is -0.360. The molecule has 0 saturated carbocycles. The number of benzene rings is 2. The summed E-state index contributed by atoms with van der Waals surface area (Å²) in [5.41, 5.74) is 1.60. The van der Waals surface area contributed by atoms with E-state index >= 15 is 0 Å². The highest BCUT2D eigenvalue weighted by atomic mass is 35.5. The van der Waals surface area contributed by atoms with Gasteiger partial charge in [-0.2, -0.15) is 0 Å². The fraction of sp³-hybridized carbons (Fsp3) is 0.333. The van der Waals surface area contributed by atoms with E-state index in [4.69, 9.17) is 21.3 Å². The highest BCUT2D eigenvalue weighted by Gasteiger charge is 2.27. The van der Waals surface area contributed by atoms with Gasteiger partial charge in [-0.3, -0.25) is 9.79 Å². The predicted octanol–water partition coefficient (Wildman–Crippen LogP) is 5.01. The van der Waals surface area contributed by atoms with Crippen molar-refractivity contribution >= 4 is 28.9 Å². The maximum Gasteiger partial charge on any atom is 0.185 e. The number of hydrogen-bond acceptors (Lipinski definition) is 4. The van der Waals surface area contributed by atoms with Crippen LogP contribution in [0.3, 0.4) is 0 Å². The van der Waals surface area contributed by atoms with Gasteiger partial charge < -0.3 is 9.64 Å². The lowest BCUT2D eigenvalue weighted by Crippen LogP contribution is -2.44. The Hall–Kier alpha value is -2.33. The lowest BCUT2D eigenvalue weighted by Gasteiger charge is -2.33. The number of carbonyl (C=O) groups excluding carboxylic acids is 1. The Morgan fingerprint density at radius 2 is 1.81 bits per heavy atom. The van der Waals surface area contributed by atoms with Crippen LogP contribution < -0.4 is 9.64 Å². The molecular formula is C21H23ClN2O2. The van der Waals surface area contributed by atoms with Crippen LogP contribution in [0.15, 0.2) is 53.5 Å². The second kappa shape index (κ2) is 8.37. The van der Waals surface area contributed by atoms with E-state index in [-0.39, 0.29) is 11.8 Å². The minimum Gasteiger partial charge on any atom is -0.497 e. The van der Waals surface area contributed by atoms with Crippen LogP contribution in [0.5, 0.6) is 5.75 Å². The van der Waals surface area contributed by atoms with Gasteiger partial charge in [0.2, 0.25) is 0 Å². The first-order valence-corrected chi connectivity index (χ1v) is 9.24. The van der Waals surface area contributed by atoms with Crippen molar-refractivity contribution in [1.29, 1.82) is 0 Å². The zero-order chi connectivity index (χ0) is 18.5. The Kier molecular flexibility index (Phi) is 5.94. The fourth-order valence-corrected chi connectivity index (χ4v) is 3.32. The molecule has 0 radical (unpaired) electrons. The third-order valence-corrected chi connectivity index (χ3v) is 4.88. The molecule has 0 aliphatic carbocycles. The molecule has 136 valence electrons. The van der Waals surface area contributed by atoms with Gasteiger partial charge in [-0.1, -0.05) is 11.6 Å². The van der Waals surface area contributed by atoms with E-state index in [1.165, 1.54) is 0 Å². The van der Waals surface area contributed by atoms with Gasteiger partial charge in [-0.15, -0.1) is 0 Å². The molecule has 3 rings (SSSR count). The van der Waals surface area contributed by atoms with Crippen molar-refractivity contribution in [2.45, 2.75) is 32.2 Å². The maximum atomic E-state index is 13.1. The highest BCUT2D eigenvalue weighted by molar-refractivity contribution is 6.30. The molecule has 1 unspecified atom stereocenters. The second-order valence-corrected chi connectivity index (χ2v) is 6.81. The Bertz CT molecular complexity index is 785. The third kappa shape index (κ3) is 4.07. The summed E-state index contributed by atoms with van der Waals surface area (Å²) in [4.78, 5) is 19.8. The summed E-state index contributed by atoms with van der Waals surface area (Å²) >= 11 is 5.95. The van der Waals surface area contributed by atoms with Crippen LogP contribution >= 0.6 is 11.6 Å². The molecule has 1 aliphatic rings. The monoisotopic (exact) mass is 370 g/mol. The van der Waals surface area contributed by atoms with E-state index < -0.39 is 0 Å². The van der Waals surface area contributed by atoms with Crippen LogP contribution in [0.25, 0.3) is 0 Å². The smallest absolute Gasteiger partial charge is 0.185 e. The number of aliphatic imine (C=N–C) groups is 1. The maximum absolute atomic E-state index is 13.1. The summed E-state index contributed by atoms with van der Waals surface area (Å²) in [6.07, 6.45) is 3.07. The van der Waals surface area contributed by atoms with Crippen LogP contribution in [-0.2, 0) is 0 Å². The van der Waals surface area contributed by atoms with Crippen molar-refractivity contribution in [2.75, 3.05) is 18.6 Å². The molecule has 5 heteroatoms. The highest BCUT2D eigenvalue weighted by Crippen LogP contribution is 2.26. The van der Waals surface area contributed by atoms with Gasteiger partial charge in [-0.25, -0.2) is 0 Å². The van der Waals surface area contributed by atoms with Crippen LogP contribution in [0, 0.1) is 0 Å². The first-order valence-electron chi connectivity index (χ1n) is 8.86. The summed E-state index contributed by atoms with van der Waals surface area (Å²) < 4.78 is 5.25. The van der Waals surface area contributed by atoms with Crippen LogP contribution in [0.1, 0.15) is 36.5 Å². The molecule has 0 aromatic heterocycles. The summed E-state index contributed by atoms with van der Waals surface area (Å²) in [6.45, 7) is 2.74. The summed E-state index contributed by atoms with van der Waals surface area (Å²) in [5.74, 6) is 1.80. The van der Waals surface area contributed by atoms with E-state index in [2.05, 4.69) is 4.90 Å². The van der Waals surface area contributed by atoms with Crippen molar-refractivity contribution in [2.24, 2.45) is 4.99 Å². The zero-order valence-electron chi connectivity index (χ0n) is 15.1. The molecule has 0 saturated heterocycles. The number of amidine groups is 1. The molecule has 0 amide bonds. The van der Waals surface area contributed by atoms with Crippen molar-refractivity contribution in [3.63, 3.8) is 0 Å². The van der Waals surface area contributed by atoms with Gasteiger partial charge in [-0.05, 0) is 68.3 Å². The summed E-state index contributed by atoms with van der Waals surface area (Å²) in [6, 6.07) is 14.4. The van der Waals surface area contributed by atoms with Crippen molar-refractivity contribution < 1.29 is 9.53 Å². The minimum absolute atomic E-state index is 0.0470. The number of carbonyl (C=O) groups is 1. The van der Waals surface area contributed by atoms with Crippen molar-refractivity contribution in [3.05, 3.63) is 59.1 Å². The number of ketones is 1. The Morgan fingerprint density at radius 1 is 1.12 bits per heavy atom. The second-order valence-electron chi connectivity index (χ2n) is 6.37. The molecule has 2 aromatic carbocycles. The van der Waals surface area contributed by atoms with Gasteiger partial charge in [0.15, 0.2) is 5.78 Å². The molecule has 26 heavy (non-hydrogen) atoms. The average Bonchev–Trinajstić information content (AvgIpc) is 2.69. The molecule has 1 atom stereocenters. The molecular weight excluding hydrogens is 348 g/mol. The lowest BCUT2D eigenvalue weighted by molar-refractivity contribution is 0.0969. The number of methoxy groups -OCH3 is 1. The van der Waals surface area contributed by atoms with Gasteiger partial charge in [0.25, 0.3) is 0 Å². The first-order chi connectivity index (χ1) is 12.6. The van der Waals surface area contributed by atoms with Crippen LogP contribution in [0.4, 0.5) is 5.69 Å². The summed E-state index contributed by atoms with van der Waals surface area (Å²) in [7, 11) is 1.64. The van der Waals surface area contributed by atoms with Crippen molar-refractivity contribution in [1.82, 2.24) is 0 Å². The number of hydrogen-bond donors (Lipinski definition) is 0. The van der Waals surface area contributed by atoms with Gasteiger partial charge in [0.05, 0.1) is 13.2 Å².